The number of hydrogen-bond acceptors (Lipinski definition) is 3. The maximum absolute atomic E-state index is 11.4. The van der Waals surface area contributed by atoms with Crippen molar-refractivity contribution in [1.82, 2.24) is 10.2 Å². The number of nitrogens with zero attached hydrogens (tertiary/aromatic N) is 1. The summed E-state index contributed by atoms with van der Waals surface area (Å²) in [5.41, 5.74) is 0.582. The largest absolute Gasteiger partial charge is 0.444 e. The zero-order valence-corrected chi connectivity index (χ0v) is 11.2. The molecule has 0 aromatic carbocycles. The average Bonchev–Trinajstić information content (AvgIpc) is 2.64. The molecule has 0 atom stereocenters. The van der Waals surface area contributed by atoms with Gasteiger partial charge in [-0.15, -0.1) is 0 Å². The van der Waals surface area contributed by atoms with E-state index in [1.165, 1.54) is 12.8 Å². The van der Waals surface area contributed by atoms with E-state index in [0.29, 0.717) is 6.54 Å². The summed E-state index contributed by atoms with van der Waals surface area (Å²) in [5.74, 6) is 0. The molecule has 1 saturated heterocycles. The summed E-state index contributed by atoms with van der Waals surface area (Å²) in [5, 5.41) is 2.73. The Morgan fingerprint density at radius 2 is 1.94 bits per heavy atom. The number of rotatable bonds is 4. The second-order valence-electron chi connectivity index (χ2n) is 5.59. The van der Waals surface area contributed by atoms with E-state index in [-0.39, 0.29) is 6.09 Å². The van der Waals surface area contributed by atoms with Crippen LogP contribution in [0.15, 0.2) is 12.2 Å². The van der Waals surface area contributed by atoms with Crippen LogP contribution in [0.2, 0.25) is 0 Å². The normalized spacial score (nSPS) is 16.9. The van der Waals surface area contributed by atoms with Gasteiger partial charge in [0.05, 0.1) is 0 Å². The summed E-state index contributed by atoms with van der Waals surface area (Å²) < 4.78 is 5.15. The fourth-order valence-electron chi connectivity index (χ4n) is 1.82. The lowest BCUT2D eigenvalue weighted by molar-refractivity contribution is 0.0532. The number of nitrogens with one attached hydrogen (secondary N) is 1. The van der Waals surface area contributed by atoms with Crippen LogP contribution < -0.4 is 5.32 Å². The molecule has 0 spiro atoms. The predicted octanol–water partition coefficient (Wildman–Crippen LogP) is 2.16. The van der Waals surface area contributed by atoms with Gasteiger partial charge in [0.2, 0.25) is 0 Å². The number of ether oxygens (including phenoxy) is 1. The van der Waals surface area contributed by atoms with Gasteiger partial charge in [0.15, 0.2) is 0 Å². The second kappa shape index (κ2) is 6.05. The monoisotopic (exact) mass is 240 g/mol. The van der Waals surface area contributed by atoms with Crippen molar-refractivity contribution in [2.24, 2.45) is 0 Å². The Morgan fingerprint density at radius 3 is 2.47 bits per heavy atom. The molecule has 0 saturated carbocycles. The van der Waals surface area contributed by atoms with Crippen molar-refractivity contribution < 1.29 is 9.53 Å². The molecule has 4 heteroatoms. The topological polar surface area (TPSA) is 41.6 Å². The van der Waals surface area contributed by atoms with E-state index in [0.717, 1.165) is 25.2 Å². The Hall–Kier alpha value is -1.03. The lowest BCUT2D eigenvalue weighted by Crippen LogP contribution is -2.35. The van der Waals surface area contributed by atoms with Crippen molar-refractivity contribution in [3.05, 3.63) is 12.2 Å². The number of alkyl carbamates (subject to hydrolysis) is 1. The lowest BCUT2D eigenvalue weighted by atomic mass is 10.2. The molecule has 98 valence electrons. The van der Waals surface area contributed by atoms with Gasteiger partial charge in [-0.05, 0) is 52.3 Å². The van der Waals surface area contributed by atoms with E-state index < -0.39 is 5.60 Å². The van der Waals surface area contributed by atoms with Crippen molar-refractivity contribution >= 4 is 6.09 Å². The van der Waals surface area contributed by atoms with E-state index >= 15 is 0 Å². The first-order chi connectivity index (χ1) is 7.87. The third kappa shape index (κ3) is 6.31. The lowest BCUT2D eigenvalue weighted by Gasteiger charge is -2.21. The van der Waals surface area contributed by atoms with Crippen LogP contribution in [0.4, 0.5) is 4.79 Å². The molecule has 1 rings (SSSR count). The highest BCUT2D eigenvalue weighted by molar-refractivity contribution is 5.68. The second-order valence-corrected chi connectivity index (χ2v) is 5.59. The first kappa shape index (κ1) is 14.0. The van der Waals surface area contributed by atoms with Crippen LogP contribution in [-0.4, -0.2) is 42.8 Å². The minimum absolute atomic E-state index is 0.375. The maximum atomic E-state index is 11.4. The zero-order valence-electron chi connectivity index (χ0n) is 11.2. The first-order valence-corrected chi connectivity index (χ1v) is 6.23. The molecule has 0 aromatic rings. The minimum atomic E-state index is -0.444. The number of hydrogen-bond donors (Lipinski definition) is 1. The van der Waals surface area contributed by atoms with Crippen LogP contribution in [0.5, 0.6) is 0 Å². The van der Waals surface area contributed by atoms with Crippen molar-refractivity contribution in [3.8, 4) is 0 Å². The molecule has 0 radical (unpaired) electrons. The van der Waals surface area contributed by atoms with Gasteiger partial charge in [-0.1, -0.05) is 6.58 Å². The summed E-state index contributed by atoms with van der Waals surface area (Å²) >= 11 is 0. The summed E-state index contributed by atoms with van der Waals surface area (Å²) in [6, 6.07) is 0. The molecule has 1 aliphatic heterocycles. The SMILES string of the molecule is C=C(CNC(=O)OC(C)(C)C)CN1CCCC1. The highest BCUT2D eigenvalue weighted by atomic mass is 16.6. The van der Waals surface area contributed by atoms with Crippen LogP contribution in [0.3, 0.4) is 0 Å². The van der Waals surface area contributed by atoms with Gasteiger partial charge in [0, 0.05) is 13.1 Å². The van der Waals surface area contributed by atoms with Gasteiger partial charge in [0.1, 0.15) is 5.60 Å². The Morgan fingerprint density at radius 1 is 1.35 bits per heavy atom. The molecule has 17 heavy (non-hydrogen) atoms. The van der Waals surface area contributed by atoms with E-state index in [1.807, 2.05) is 20.8 Å². The number of likely N-dealkylation sites (tertiary alicyclic amines) is 1. The summed E-state index contributed by atoms with van der Waals surface area (Å²) in [7, 11) is 0. The molecule has 0 bridgehead atoms. The molecule has 1 heterocycles. The Balaban J connectivity index is 2.16. The van der Waals surface area contributed by atoms with Gasteiger partial charge < -0.3 is 10.1 Å². The first-order valence-electron chi connectivity index (χ1n) is 6.23. The molecule has 0 unspecified atom stereocenters. The fraction of sp³-hybridized carbons (Fsp3) is 0.769. The highest BCUT2D eigenvalue weighted by Gasteiger charge is 2.16. The molecule has 1 N–H and O–H groups in total. The molecule has 0 aromatic heterocycles. The van der Waals surface area contributed by atoms with Crippen LogP contribution >= 0.6 is 0 Å². The molecular weight excluding hydrogens is 216 g/mol. The van der Waals surface area contributed by atoms with E-state index in [2.05, 4.69) is 16.8 Å². The molecule has 1 aliphatic rings. The van der Waals surface area contributed by atoms with Gasteiger partial charge in [-0.25, -0.2) is 4.79 Å². The van der Waals surface area contributed by atoms with E-state index in [9.17, 15) is 4.79 Å². The van der Waals surface area contributed by atoms with Crippen LogP contribution in [-0.2, 0) is 4.74 Å². The van der Waals surface area contributed by atoms with Gasteiger partial charge in [-0.2, -0.15) is 0 Å². The van der Waals surface area contributed by atoms with Gasteiger partial charge in [-0.3, -0.25) is 4.90 Å². The molecule has 0 aliphatic carbocycles. The number of amides is 1. The third-order valence-electron chi connectivity index (χ3n) is 2.53. The minimum Gasteiger partial charge on any atom is -0.444 e. The number of carbonyl (C=O) groups excluding carboxylic acids is 1. The van der Waals surface area contributed by atoms with Crippen LogP contribution in [0, 0.1) is 0 Å². The Bertz CT molecular complexity index is 276. The van der Waals surface area contributed by atoms with Crippen molar-refractivity contribution in [2.45, 2.75) is 39.2 Å². The Labute approximate surface area is 104 Å². The van der Waals surface area contributed by atoms with Gasteiger partial charge in [0.25, 0.3) is 0 Å². The van der Waals surface area contributed by atoms with Crippen molar-refractivity contribution in [2.75, 3.05) is 26.2 Å². The molecular formula is C13H24N2O2. The predicted molar refractivity (Wildman–Crippen MR) is 69.1 cm³/mol. The quantitative estimate of drug-likeness (QED) is 0.766. The summed E-state index contributed by atoms with van der Waals surface area (Å²) in [4.78, 5) is 13.8. The molecule has 4 nitrogen and oxygen atoms in total. The number of carbonyl (C=O) groups is 1. The van der Waals surface area contributed by atoms with Crippen molar-refractivity contribution in [3.63, 3.8) is 0 Å². The Kier molecular flexibility index (Phi) is 5.00. The smallest absolute Gasteiger partial charge is 0.407 e. The third-order valence-corrected chi connectivity index (χ3v) is 2.53. The van der Waals surface area contributed by atoms with Crippen LogP contribution in [0.1, 0.15) is 33.6 Å². The maximum Gasteiger partial charge on any atom is 0.407 e. The van der Waals surface area contributed by atoms with E-state index in [1.54, 1.807) is 0 Å². The molecule has 1 fully saturated rings. The molecule has 1 amide bonds. The standard InChI is InChI=1S/C13H24N2O2/c1-11(10-15-7-5-6-8-15)9-14-12(16)17-13(2,3)4/h1,5-10H2,2-4H3,(H,14,16). The summed E-state index contributed by atoms with van der Waals surface area (Å²) in [6.07, 6.45) is 2.17. The van der Waals surface area contributed by atoms with Crippen molar-refractivity contribution in [1.29, 1.82) is 0 Å². The highest BCUT2D eigenvalue weighted by Crippen LogP contribution is 2.09. The fourth-order valence-corrected chi connectivity index (χ4v) is 1.82. The van der Waals surface area contributed by atoms with E-state index in [4.69, 9.17) is 4.74 Å². The van der Waals surface area contributed by atoms with Crippen LogP contribution in [0.25, 0.3) is 0 Å². The zero-order chi connectivity index (χ0) is 12.9. The summed E-state index contributed by atoms with van der Waals surface area (Å²) in [6.45, 7) is 13.2. The average molecular weight is 240 g/mol. The van der Waals surface area contributed by atoms with Gasteiger partial charge >= 0.3 is 6.09 Å².